The number of ether oxygens (including phenoxy) is 2. The zero-order valence-electron chi connectivity index (χ0n) is 19.4. The van der Waals surface area contributed by atoms with E-state index < -0.39 is 5.97 Å². The molecule has 0 saturated heterocycles. The molecular weight excluding hydrogens is 462 g/mol. The van der Waals surface area contributed by atoms with Crippen molar-refractivity contribution in [1.82, 2.24) is 5.32 Å². The number of thioether (sulfide) groups is 1. The summed E-state index contributed by atoms with van der Waals surface area (Å²) >= 11 is 1.05. The van der Waals surface area contributed by atoms with Crippen LogP contribution in [0.3, 0.4) is 0 Å². The Labute approximate surface area is 209 Å². The predicted octanol–water partition coefficient (Wildman–Crippen LogP) is 5.39. The third-order valence-electron chi connectivity index (χ3n) is 4.78. The van der Waals surface area contributed by atoms with Gasteiger partial charge in [0.15, 0.2) is 5.12 Å². The van der Waals surface area contributed by atoms with Crippen molar-refractivity contribution in [2.24, 2.45) is 0 Å². The zero-order chi connectivity index (χ0) is 24.9. The summed E-state index contributed by atoms with van der Waals surface area (Å²) < 4.78 is 11.0. The lowest BCUT2D eigenvalue weighted by Crippen LogP contribution is -2.28. The zero-order valence-corrected chi connectivity index (χ0v) is 20.3. The molecule has 6 nitrogen and oxygen atoms in total. The number of benzene rings is 3. The molecule has 0 unspecified atom stereocenters. The summed E-state index contributed by atoms with van der Waals surface area (Å²) in [5.41, 5.74) is 2.12. The van der Waals surface area contributed by atoms with Gasteiger partial charge in [-0.3, -0.25) is 14.4 Å². The number of amides is 1. The fourth-order valence-electron chi connectivity index (χ4n) is 3.01. The van der Waals surface area contributed by atoms with Crippen molar-refractivity contribution in [3.05, 3.63) is 102 Å². The molecule has 180 valence electrons. The highest BCUT2D eigenvalue weighted by molar-refractivity contribution is 8.13. The van der Waals surface area contributed by atoms with Gasteiger partial charge in [0.05, 0.1) is 6.42 Å². The average molecular weight is 490 g/mol. The monoisotopic (exact) mass is 489 g/mol. The van der Waals surface area contributed by atoms with Crippen molar-refractivity contribution in [3.8, 4) is 11.5 Å². The summed E-state index contributed by atoms with van der Waals surface area (Å²) in [7, 11) is 0. The number of carbonyl (C=O) groups excluding carboxylic acids is 3. The Morgan fingerprint density at radius 1 is 0.857 bits per heavy atom. The van der Waals surface area contributed by atoms with Crippen LogP contribution in [-0.2, 0) is 25.7 Å². The molecule has 0 fully saturated rings. The van der Waals surface area contributed by atoms with Crippen LogP contribution in [0, 0.1) is 0 Å². The molecule has 0 aromatic heterocycles. The summed E-state index contributed by atoms with van der Waals surface area (Å²) in [6.07, 6.45) is 1.78. The molecule has 1 amide bonds. The van der Waals surface area contributed by atoms with E-state index in [0.29, 0.717) is 11.3 Å². The first kappa shape index (κ1) is 25.8. The summed E-state index contributed by atoms with van der Waals surface area (Å²) in [5.74, 6) is 0.899. The number of hydrogen-bond donors (Lipinski definition) is 1. The average Bonchev–Trinajstić information content (AvgIpc) is 2.87. The normalized spacial score (nSPS) is 10.9. The van der Waals surface area contributed by atoms with Crippen LogP contribution in [-0.4, -0.2) is 29.3 Å². The van der Waals surface area contributed by atoms with Gasteiger partial charge < -0.3 is 14.8 Å². The quantitative estimate of drug-likeness (QED) is 0.287. The standard InChI is InChI=1S/C28H27NO5S/c1-21(30)35-20-24(18-22-12-14-26(15-13-22)34-25-10-6-3-7-11-25)28(32)29-17-16-27(31)33-19-23-8-4-2-5-9-23/h2-15,18H,16-17,19-20H2,1H3,(H,29,32). The molecule has 3 aromatic carbocycles. The van der Waals surface area contributed by atoms with E-state index in [1.54, 1.807) is 6.08 Å². The molecule has 0 aliphatic heterocycles. The van der Waals surface area contributed by atoms with Gasteiger partial charge in [-0.2, -0.15) is 0 Å². The van der Waals surface area contributed by atoms with Gasteiger partial charge in [0, 0.05) is 24.8 Å². The van der Waals surface area contributed by atoms with Crippen molar-refractivity contribution in [1.29, 1.82) is 0 Å². The van der Waals surface area contributed by atoms with Crippen LogP contribution >= 0.6 is 11.8 Å². The van der Waals surface area contributed by atoms with E-state index >= 15 is 0 Å². The molecule has 0 atom stereocenters. The van der Waals surface area contributed by atoms with Crippen molar-refractivity contribution in [2.45, 2.75) is 20.0 Å². The molecule has 35 heavy (non-hydrogen) atoms. The second-order valence-corrected chi connectivity index (χ2v) is 8.74. The Bertz CT molecular complexity index is 1140. The number of hydrogen-bond acceptors (Lipinski definition) is 6. The van der Waals surface area contributed by atoms with Gasteiger partial charge in [-0.15, -0.1) is 0 Å². The first-order chi connectivity index (χ1) is 17.0. The molecule has 0 radical (unpaired) electrons. The maximum Gasteiger partial charge on any atom is 0.307 e. The SMILES string of the molecule is CC(=O)SCC(=Cc1ccc(Oc2ccccc2)cc1)C(=O)NCCC(=O)OCc1ccccc1. The Morgan fingerprint density at radius 2 is 1.49 bits per heavy atom. The second kappa shape index (κ2) is 13.8. The second-order valence-electron chi connectivity index (χ2n) is 7.59. The fraction of sp³-hybridized carbons (Fsp3) is 0.179. The molecule has 3 aromatic rings. The van der Waals surface area contributed by atoms with Crippen LogP contribution in [0.1, 0.15) is 24.5 Å². The van der Waals surface area contributed by atoms with Crippen LogP contribution in [0.25, 0.3) is 6.08 Å². The van der Waals surface area contributed by atoms with E-state index in [1.165, 1.54) is 6.92 Å². The van der Waals surface area contributed by atoms with Gasteiger partial charge in [-0.05, 0) is 41.5 Å². The molecule has 7 heteroatoms. The van der Waals surface area contributed by atoms with Crippen molar-refractivity contribution in [3.63, 3.8) is 0 Å². The van der Waals surface area contributed by atoms with E-state index in [4.69, 9.17) is 9.47 Å². The lowest BCUT2D eigenvalue weighted by molar-refractivity contribution is -0.144. The molecule has 0 aliphatic rings. The molecule has 1 N–H and O–H groups in total. The number of esters is 1. The molecule has 0 saturated carbocycles. The minimum Gasteiger partial charge on any atom is -0.461 e. The van der Waals surface area contributed by atoms with E-state index in [1.807, 2.05) is 84.9 Å². The van der Waals surface area contributed by atoms with E-state index in [9.17, 15) is 14.4 Å². The fourth-order valence-corrected chi connectivity index (χ4v) is 3.59. The molecule has 0 spiro atoms. The highest BCUT2D eigenvalue weighted by atomic mass is 32.2. The molecule has 3 rings (SSSR count). The van der Waals surface area contributed by atoms with Gasteiger partial charge in [0.2, 0.25) is 5.91 Å². The highest BCUT2D eigenvalue weighted by Gasteiger charge is 2.12. The Morgan fingerprint density at radius 3 is 2.14 bits per heavy atom. The van der Waals surface area contributed by atoms with E-state index in [-0.39, 0.29) is 36.3 Å². The van der Waals surface area contributed by atoms with Crippen LogP contribution in [0.15, 0.2) is 90.5 Å². The highest BCUT2D eigenvalue weighted by Crippen LogP contribution is 2.22. The lowest BCUT2D eigenvalue weighted by atomic mass is 10.1. The number of para-hydroxylation sites is 1. The first-order valence-corrected chi connectivity index (χ1v) is 12.1. The number of rotatable bonds is 11. The van der Waals surface area contributed by atoms with E-state index in [0.717, 1.165) is 28.6 Å². The third kappa shape index (κ3) is 9.51. The van der Waals surface area contributed by atoms with E-state index in [2.05, 4.69) is 5.32 Å². The third-order valence-corrected chi connectivity index (χ3v) is 5.64. The van der Waals surface area contributed by atoms with Gasteiger partial charge >= 0.3 is 5.97 Å². The summed E-state index contributed by atoms with van der Waals surface area (Å²) in [4.78, 5) is 36.2. The van der Waals surface area contributed by atoms with Crippen molar-refractivity contribution in [2.75, 3.05) is 12.3 Å². The predicted molar refractivity (Wildman–Crippen MR) is 138 cm³/mol. The van der Waals surface area contributed by atoms with Crippen molar-refractivity contribution < 1.29 is 23.9 Å². The molecule has 0 heterocycles. The Kier molecular flexibility index (Phi) is 10.1. The van der Waals surface area contributed by atoms with Crippen LogP contribution < -0.4 is 10.1 Å². The topological polar surface area (TPSA) is 81.7 Å². The summed E-state index contributed by atoms with van der Waals surface area (Å²) in [5, 5.41) is 2.66. The van der Waals surface area contributed by atoms with Crippen molar-refractivity contribution >= 4 is 34.8 Å². The van der Waals surface area contributed by atoms with Gasteiger partial charge in [0.1, 0.15) is 18.1 Å². The lowest BCUT2D eigenvalue weighted by Gasteiger charge is -2.10. The Hall–Kier alpha value is -3.84. The van der Waals surface area contributed by atoms with Crippen LogP contribution in [0.2, 0.25) is 0 Å². The number of carbonyl (C=O) groups is 3. The molecular formula is C28H27NO5S. The van der Waals surface area contributed by atoms with Gasteiger partial charge in [0.25, 0.3) is 0 Å². The smallest absolute Gasteiger partial charge is 0.307 e. The molecule has 0 aliphatic carbocycles. The Balaban J connectivity index is 1.55. The molecule has 0 bridgehead atoms. The maximum atomic E-state index is 12.7. The minimum atomic E-state index is -0.396. The number of nitrogens with one attached hydrogen (secondary N) is 1. The summed E-state index contributed by atoms with van der Waals surface area (Å²) in [6.45, 7) is 1.79. The van der Waals surface area contributed by atoms with Gasteiger partial charge in [-0.1, -0.05) is 72.4 Å². The minimum absolute atomic E-state index is 0.0528. The largest absolute Gasteiger partial charge is 0.461 e. The first-order valence-electron chi connectivity index (χ1n) is 11.1. The maximum absolute atomic E-state index is 12.7. The van der Waals surface area contributed by atoms with Crippen LogP contribution in [0.4, 0.5) is 0 Å². The van der Waals surface area contributed by atoms with Crippen LogP contribution in [0.5, 0.6) is 11.5 Å². The van der Waals surface area contributed by atoms with Gasteiger partial charge in [-0.25, -0.2) is 0 Å². The summed E-state index contributed by atoms with van der Waals surface area (Å²) in [6, 6.07) is 26.1.